The Balaban J connectivity index is 1.47. The summed E-state index contributed by atoms with van der Waals surface area (Å²) in [5, 5.41) is 3.24. The van der Waals surface area contributed by atoms with Gasteiger partial charge in [-0.05, 0) is 31.9 Å². The number of aryl methyl sites for hydroxylation is 1. The number of carbonyl (C=O) groups excluding carboxylic acids is 3. The second-order valence-corrected chi connectivity index (χ2v) is 7.87. The first-order chi connectivity index (χ1) is 13.6. The molecule has 0 saturated carbocycles. The molecule has 2 aliphatic rings. The van der Waals surface area contributed by atoms with Crippen molar-refractivity contribution in [3.05, 3.63) is 34.8 Å². The molecular formula is C20H21N3O4S. The highest BCUT2D eigenvalue weighted by atomic mass is 32.1. The van der Waals surface area contributed by atoms with Gasteiger partial charge in [0.25, 0.3) is 0 Å². The normalized spacial score (nSPS) is 18.9. The maximum Gasteiger partial charge on any atom is 0.231 e. The van der Waals surface area contributed by atoms with Crippen LogP contribution >= 0.6 is 11.3 Å². The van der Waals surface area contributed by atoms with Gasteiger partial charge in [-0.25, -0.2) is 4.98 Å². The van der Waals surface area contributed by atoms with Gasteiger partial charge in [0, 0.05) is 19.4 Å². The SMILES string of the molecule is CCOc1ccccc1N1CC(C(=O)Nc2nc3c(s2)C(=O)CCC3)CC1=O. The highest BCUT2D eigenvalue weighted by Crippen LogP contribution is 2.34. The Morgan fingerprint density at radius 3 is 2.93 bits per heavy atom. The first-order valence-corrected chi connectivity index (χ1v) is 10.2. The number of rotatable bonds is 5. The number of carbonyl (C=O) groups is 3. The third kappa shape index (κ3) is 3.52. The van der Waals surface area contributed by atoms with Gasteiger partial charge in [0.1, 0.15) is 5.75 Å². The second kappa shape index (κ2) is 7.71. The molecule has 1 atom stereocenters. The third-order valence-electron chi connectivity index (χ3n) is 4.95. The standard InChI is InChI=1S/C20H21N3O4S/c1-2-27-16-9-4-3-7-14(16)23-11-12(10-17(23)25)19(26)22-20-21-13-6-5-8-15(24)18(13)28-20/h3-4,7,9,12H,2,5-6,8,10-11H2,1H3,(H,21,22,26). The van der Waals surface area contributed by atoms with Crippen LogP contribution in [0.4, 0.5) is 10.8 Å². The minimum absolute atomic E-state index is 0.0917. The van der Waals surface area contributed by atoms with E-state index < -0.39 is 5.92 Å². The van der Waals surface area contributed by atoms with Gasteiger partial charge in [-0.1, -0.05) is 23.5 Å². The van der Waals surface area contributed by atoms with E-state index in [-0.39, 0.29) is 24.0 Å². The number of ketones is 1. The average molecular weight is 399 g/mol. The van der Waals surface area contributed by atoms with Crippen molar-refractivity contribution in [2.45, 2.75) is 32.6 Å². The highest BCUT2D eigenvalue weighted by Gasteiger charge is 2.36. The summed E-state index contributed by atoms with van der Waals surface area (Å²) in [4.78, 5) is 43.8. The van der Waals surface area contributed by atoms with Crippen LogP contribution in [0.25, 0.3) is 0 Å². The summed E-state index contributed by atoms with van der Waals surface area (Å²) in [6.45, 7) is 2.67. The molecule has 1 aliphatic heterocycles. The number of anilines is 2. The van der Waals surface area contributed by atoms with E-state index in [0.717, 1.165) is 18.5 Å². The minimum Gasteiger partial charge on any atom is -0.492 e. The molecule has 0 bridgehead atoms. The van der Waals surface area contributed by atoms with Crippen molar-refractivity contribution in [2.75, 3.05) is 23.4 Å². The summed E-state index contributed by atoms with van der Waals surface area (Å²) in [5.41, 5.74) is 1.45. The molecule has 1 aromatic heterocycles. The van der Waals surface area contributed by atoms with Crippen LogP contribution in [-0.4, -0.2) is 35.7 Å². The van der Waals surface area contributed by atoms with Crippen LogP contribution in [0.3, 0.4) is 0 Å². The second-order valence-electron chi connectivity index (χ2n) is 6.87. The summed E-state index contributed by atoms with van der Waals surface area (Å²) in [7, 11) is 0. The maximum atomic E-state index is 12.7. The van der Waals surface area contributed by atoms with Gasteiger partial charge in [-0.15, -0.1) is 0 Å². The number of benzene rings is 1. The zero-order chi connectivity index (χ0) is 19.7. The topological polar surface area (TPSA) is 88.6 Å². The molecule has 1 aliphatic carbocycles. The number of aromatic nitrogens is 1. The fourth-order valence-corrected chi connectivity index (χ4v) is 4.59. The molecule has 0 radical (unpaired) electrons. The van der Waals surface area contributed by atoms with Crippen molar-refractivity contribution >= 4 is 39.8 Å². The van der Waals surface area contributed by atoms with Gasteiger partial charge in [0.2, 0.25) is 11.8 Å². The number of ether oxygens (including phenoxy) is 1. The Morgan fingerprint density at radius 1 is 1.32 bits per heavy atom. The molecule has 1 N–H and O–H groups in total. The fourth-order valence-electron chi connectivity index (χ4n) is 3.60. The Kier molecular flexibility index (Phi) is 5.13. The molecule has 7 nitrogen and oxygen atoms in total. The number of Topliss-reactive ketones (excluding diaryl/α,β-unsaturated/α-hetero) is 1. The molecule has 146 valence electrons. The quantitative estimate of drug-likeness (QED) is 0.835. The first-order valence-electron chi connectivity index (χ1n) is 9.42. The lowest BCUT2D eigenvalue weighted by atomic mass is 10.0. The summed E-state index contributed by atoms with van der Waals surface area (Å²) >= 11 is 1.23. The van der Waals surface area contributed by atoms with E-state index >= 15 is 0 Å². The molecule has 28 heavy (non-hydrogen) atoms. The average Bonchev–Trinajstić information content (AvgIpc) is 3.27. The van der Waals surface area contributed by atoms with Crippen LogP contribution < -0.4 is 15.0 Å². The molecule has 2 amide bonds. The summed E-state index contributed by atoms with van der Waals surface area (Å²) in [6, 6.07) is 7.33. The highest BCUT2D eigenvalue weighted by molar-refractivity contribution is 7.17. The van der Waals surface area contributed by atoms with Crippen LogP contribution in [-0.2, 0) is 16.0 Å². The Bertz CT molecular complexity index is 939. The molecule has 1 saturated heterocycles. The largest absolute Gasteiger partial charge is 0.492 e. The summed E-state index contributed by atoms with van der Waals surface area (Å²) in [6.07, 6.45) is 2.23. The molecular weight excluding hydrogens is 378 g/mol. The van der Waals surface area contributed by atoms with Crippen LogP contribution in [0, 0.1) is 5.92 Å². The van der Waals surface area contributed by atoms with Crippen LogP contribution in [0.1, 0.15) is 41.6 Å². The van der Waals surface area contributed by atoms with E-state index in [1.54, 1.807) is 4.90 Å². The van der Waals surface area contributed by atoms with Gasteiger partial charge >= 0.3 is 0 Å². The number of para-hydroxylation sites is 2. The Hall–Kier alpha value is -2.74. The minimum atomic E-state index is -0.473. The smallest absolute Gasteiger partial charge is 0.231 e. The Labute approximate surface area is 166 Å². The van der Waals surface area contributed by atoms with E-state index in [9.17, 15) is 14.4 Å². The fraction of sp³-hybridized carbons (Fsp3) is 0.400. The molecule has 1 unspecified atom stereocenters. The molecule has 2 heterocycles. The van der Waals surface area contributed by atoms with Crippen molar-refractivity contribution < 1.29 is 19.1 Å². The lowest BCUT2D eigenvalue weighted by Gasteiger charge is -2.20. The number of nitrogens with one attached hydrogen (secondary N) is 1. The monoisotopic (exact) mass is 399 g/mol. The van der Waals surface area contributed by atoms with Crippen molar-refractivity contribution in [1.82, 2.24) is 4.98 Å². The van der Waals surface area contributed by atoms with Gasteiger partial charge in [-0.2, -0.15) is 0 Å². The number of hydrogen-bond acceptors (Lipinski definition) is 6. The van der Waals surface area contributed by atoms with Gasteiger partial charge in [0.05, 0.1) is 28.8 Å². The van der Waals surface area contributed by atoms with Gasteiger partial charge in [-0.3, -0.25) is 14.4 Å². The first kappa shape index (κ1) is 18.6. The molecule has 1 aromatic carbocycles. The summed E-state index contributed by atoms with van der Waals surface area (Å²) in [5.74, 6) is -0.109. The Morgan fingerprint density at radius 2 is 2.14 bits per heavy atom. The van der Waals surface area contributed by atoms with E-state index in [2.05, 4.69) is 10.3 Å². The van der Waals surface area contributed by atoms with Crippen LogP contribution in [0.15, 0.2) is 24.3 Å². The van der Waals surface area contributed by atoms with Gasteiger partial charge < -0.3 is 15.0 Å². The van der Waals surface area contributed by atoms with Gasteiger partial charge in [0.15, 0.2) is 10.9 Å². The van der Waals surface area contributed by atoms with E-state index in [1.807, 2.05) is 31.2 Å². The van der Waals surface area contributed by atoms with Crippen molar-refractivity contribution in [3.8, 4) is 5.75 Å². The number of thiazole rings is 1. The number of hydrogen-bond donors (Lipinski definition) is 1. The molecule has 0 spiro atoms. The third-order valence-corrected chi connectivity index (χ3v) is 6.00. The number of nitrogens with zero attached hydrogens (tertiary/aromatic N) is 2. The van der Waals surface area contributed by atoms with Crippen molar-refractivity contribution in [2.24, 2.45) is 5.92 Å². The summed E-state index contributed by atoms with van der Waals surface area (Å²) < 4.78 is 5.61. The maximum absolute atomic E-state index is 12.7. The predicted octanol–water partition coefficient (Wildman–Crippen LogP) is 3.05. The number of fused-ring (bicyclic) bond motifs is 1. The lowest BCUT2D eigenvalue weighted by Crippen LogP contribution is -2.28. The molecule has 8 heteroatoms. The van der Waals surface area contributed by atoms with Crippen molar-refractivity contribution in [3.63, 3.8) is 0 Å². The van der Waals surface area contributed by atoms with E-state index in [0.29, 0.717) is 41.0 Å². The van der Waals surface area contributed by atoms with Crippen LogP contribution in [0.5, 0.6) is 5.75 Å². The van der Waals surface area contributed by atoms with E-state index in [1.165, 1.54) is 11.3 Å². The predicted molar refractivity (Wildman–Crippen MR) is 106 cm³/mol. The van der Waals surface area contributed by atoms with E-state index in [4.69, 9.17) is 4.74 Å². The van der Waals surface area contributed by atoms with Crippen molar-refractivity contribution in [1.29, 1.82) is 0 Å². The molecule has 1 fully saturated rings. The molecule has 4 rings (SSSR count). The zero-order valence-electron chi connectivity index (χ0n) is 15.6. The molecule has 2 aromatic rings. The number of amides is 2. The van der Waals surface area contributed by atoms with Crippen LogP contribution in [0.2, 0.25) is 0 Å². The zero-order valence-corrected chi connectivity index (χ0v) is 16.4. The lowest BCUT2D eigenvalue weighted by molar-refractivity contribution is -0.122.